The summed E-state index contributed by atoms with van der Waals surface area (Å²) in [6, 6.07) is 3.24. The van der Waals surface area contributed by atoms with E-state index >= 15 is 0 Å². The molecule has 0 aliphatic carbocycles. The number of rotatable bonds is 3. The molecule has 0 unspecified atom stereocenters. The molecular formula is C14H17F2NO2. The van der Waals surface area contributed by atoms with Crippen molar-refractivity contribution in [2.45, 2.75) is 26.1 Å². The fourth-order valence-electron chi connectivity index (χ4n) is 2.38. The Labute approximate surface area is 111 Å². The minimum absolute atomic E-state index is 0.0708. The van der Waals surface area contributed by atoms with E-state index in [9.17, 15) is 13.6 Å². The lowest BCUT2D eigenvalue weighted by Crippen LogP contribution is -2.47. The summed E-state index contributed by atoms with van der Waals surface area (Å²) in [4.78, 5) is 14.0. The van der Waals surface area contributed by atoms with Crippen LogP contribution in [0.3, 0.4) is 0 Å². The first-order valence-electron chi connectivity index (χ1n) is 6.31. The molecule has 3 nitrogen and oxygen atoms in total. The standard InChI is InChI=1S/C14H17F2NO2/c1-9-6-17(7-10(2)19-9)8-14(18)11-3-4-12(15)13(16)5-11/h3-5,9-10H,6-8H2,1-2H3/t9-,10+. The Morgan fingerprint density at radius 3 is 2.47 bits per heavy atom. The van der Waals surface area contributed by atoms with Crippen LogP contribution in [0.4, 0.5) is 8.78 Å². The van der Waals surface area contributed by atoms with Crippen molar-refractivity contribution in [3.63, 3.8) is 0 Å². The Morgan fingerprint density at radius 2 is 1.89 bits per heavy atom. The molecular weight excluding hydrogens is 252 g/mol. The largest absolute Gasteiger partial charge is 0.373 e. The lowest BCUT2D eigenvalue weighted by molar-refractivity contribution is -0.0652. The summed E-state index contributed by atoms with van der Waals surface area (Å²) in [5.41, 5.74) is 0.200. The highest BCUT2D eigenvalue weighted by molar-refractivity contribution is 5.97. The first kappa shape index (κ1) is 14.1. The molecule has 0 amide bonds. The minimum atomic E-state index is -0.991. The molecule has 2 rings (SSSR count). The Bertz CT molecular complexity index is 469. The van der Waals surface area contributed by atoms with Gasteiger partial charge in [-0.1, -0.05) is 0 Å². The van der Waals surface area contributed by atoms with Crippen molar-refractivity contribution in [3.8, 4) is 0 Å². The van der Waals surface area contributed by atoms with E-state index in [1.54, 1.807) is 0 Å². The van der Waals surface area contributed by atoms with E-state index in [1.807, 2.05) is 18.7 Å². The summed E-state index contributed by atoms with van der Waals surface area (Å²) in [6.07, 6.45) is 0.142. The maximum atomic E-state index is 13.1. The van der Waals surface area contributed by atoms with Gasteiger partial charge in [0.25, 0.3) is 0 Å². The van der Waals surface area contributed by atoms with Crippen molar-refractivity contribution in [2.75, 3.05) is 19.6 Å². The topological polar surface area (TPSA) is 29.5 Å². The van der Waals surface area contributed by atoms with Crippen LogP contribution in [0.2, 0.25) is 0 Å². The second-order valence-corrected chi connectivity index (χ2v) is 5.00. The van der Waals surface area contributed by atoms with Crippen LogP contribution >= 0.6 is 0 Å². The van der Waals surface area contributed by atoms with Crippen LogP contribution in [-0.2, 0) is 4.74 Å². The number of benzene rings is 1. The molecule has 1 saturated heterocycles. The summed E-state index contributed by atoms with van der Waals surface area (Å²) in [5, 5.41) is 0. The van der Waals surface area contributed by atoms with Crippen LogP contribution in [0.5, 0.6) is 0 Å². The van der Waals surface area contributed by atoms with Gasteiger partial charge in [-0.3, -0.25) is 9.69 Å². The van der Waals surface area contributed by atoms with Crippen LogP contribution < -0.4 is 0 Å². The van der Waals surface area contributed by atoms with Crippen LogP contribution in [0.1, 0.15) is 24.2 Å². The Kier molecular flexibility index (Phi) is 4.27. The number of morpholine rings is 1. The number of Topliss-reactive ketones (excluding diaryl/α,β-unsaturated/α-hetero) is 1. The number of carbonyl (C=O) groups is 1. The molecule has 0 spiro atoms. The maximum Gasteiger partial charge on any atom is 0.176 e. The third kappa shape index (κ3) is 3.58. The summed E-state index contributed by atoms with van der Waals surface area (Å²) in [5.74, 6) is -2.14. The van der Waals surface area contributed by atoms with Crippen molar-refractivity contribution in [2.24, 2.45) is 0 Å². The molecule has 1 aromatic carbocycles. The number of halogens is 2. The van der Waals surface area contributed by atoms with Crippen LogP contribution in [0, 0.1) is 11.6 Å². The van der Waals surface area contributed by atoms with Crippen molar-refractivity contribution >= 4 is 5.78 Å². The van der Waals surface area contributed by atoms with Crippen LogP contribution in [-0.4, -0.2) is 42.5 Å². The number of hydrogen-bond donors (Lipinski definition) is 0. The van der Waals surface area contributed by atoms with Crippen molar-refractivity contribution < 1.29 is 18.3 Å². The summed E-state index contributed by atoms with van der Waals surface area (Å²) < 4.78 is 31.5. The number of hydrogen-bond acceptors (Lipinski definition) is 3. The van der Waals surface area contributed by atoms with Gasteiger partial charge in [0, 0.05) is 18.7 Å². The highest BCUT2D eigenvalue weighted by Gasteiger charge is 2.24. The number of carbonyl (C=O) groups excluding carboxylic acids is 1. The Morgan fingerprint density at radius 1 is 1.26 bits per heavy atom. The second-order valence-electron chi connectivity index (χ2n) is 5.00. The third-order valence-electron chi connectivity index (χ3n) is 3.10. The molecule has 1 aromatic rings. The van der Waals surface area contributed by atoms with Gasteiger partial charge in [-0.15, -0.1) is 0 Å². The SMILES string of the molecule is C[C@@H]1CN(CC(=O)c2ccc(F)c(F)c2)C[C@H](C)O1. The zero-order valence-electron chi connectivity index (χ0n) is 11.0. The molecule has 0 bridgehead atoms. The first-order chi connectivity index (χ1) is 8.95. The molecule has 1 aliphatic rings. The Balaban J connectivity index is 2.02. The van der Waals surface area contributed by atoms with Crippen molar-refractivity contribution in [1.82, 2.24) is 4.90 Å². The second kappa shape index (κ2) is 5.75. The molecule has 19 heavy (non-hydrogen) atoms. The van der Waals surface area contributed by atoms with Crippen LogP contribution in [0.15, 0.2) is 18.2 Å². The van der Waals surface area contributed by atoms with Crippen molar-refractivity contribution in [1.29, 1.82) is 0 Å². The molecule has 1 aliphatic heterocycles. The predicted molar refractivity (Wildman–Crippen MR) is 67.1 cm³/mol. The Hall–Kier alpha value is -1.33. The fraction of sp³-hybridized carbons (Fsp3) is 0.500. The number of nitrogens with zero attached hydrogens (tertiary/aromatic N) is 1. The smallest absolute Gasteiger partial charge is 0.176 e. The predicted octanol–water partition coefficient (Wildman–Crippen LogP) is 2.26. The minimum Gasteiger partial charge on any atom is -0.373 e. The highest BCUT2D eigenvalue weighted by Crippen LogP contribution is 2.13. The van der Waals surface area contributed by atoms with Crippen molar-refractivity contribution in [3.05, 3.63) is 35.4 Å². The van der Waals surface area contributed by atoms with Gasteiger partial charge in [0.05, 0.1) is 18.8 Å². The summed E-state index contributed by atoms with van der Waals surface area (Å²) in [6.45, 7) is 5.43. The molecule has 0 radical (unpaired) electrons. The summed E-state index contributed by atoms with van der Waals surface area (Å²) in [7, 11) is 0. The van der Waals surface area contributed by atoms with E-state index in [-0.39, 0.29) is 30.1 Å². The molecule has 104 valence electrons. The average Bonchev–Trinajstić information content (AvgIpc) is 2.31. The molecule has 2 atom stereocenters. The molecule has 1 heterocycles. The van der Waals surface area contributed by atoms with Gasteiger partial charge in [0.2, 0.25) is 0 Å². The molecule has 5 heteroatoms. The number of ketones is 1. The van der Waals surface area contributed by atoms with Crippen LogP contribution in [0.25, 0.3) is 0 Å². The molecule has 0 aromatic heterocycles. The van der Waals surface area contributed by atoms with E-state index in [1.165, 1.54) is 6.07 Å². The fourth-order valence-corrected chi connectivity index (χ4v) is 2.38. The zero-order valence-corrected chi connectivity index (χ0v) is 11.0. The van der Waals surface area contributed by atoms with Gasteiger partial charge in [-0.2, -0.15) is 0 Å². The highest BCUT2D eigenvalue weighted by atomic mass is 19.2. The average molecular weight is 269 g/mol. The van der Waals surface area contributed by atoms with Gasteiger partial charge >= 0.3 is 0 Å². The summed E-state index contributed by atoms with van der Waals surface area (Å²) >= 11 is 0. The zero-order chi connectivity index (χ0) is 14.0. The van der Waals surface area contributed by atoms with Gasteiger partial charge in [-0.05, 0) is 32.0 Å². The monoisotopic (exact) mass is 269 g/mol. The van der Waals surface area contributed by atoms with Gasteiger partial charge in [0.1, 0.15) is 0 Å². The molecule has 0 saturated carbocycles. The lowest BCUT2D eigenvalue weighted by Gasteiger charge is -2.34. The van der Waals surface area contributed by atoms with E-state index in [2.05, 4.69) is 0 Å². The molecule has 0 N–H and O–H groups in total. The van der Waals surface area contributed by atoms with Gasteiger partial charge < -0.3 is 4.74 Å². The normalized spacial score (nSPS) is 24.4. The van der Waals surface area contributed by atoms with Gasteiger partial charge in [-0.25, -0.2) is 8.78 Å². The van der Waals surface area contributed by atoms with Gasteiger partial charge in [0.15, 0.2) is 17.4 Å². The van der Waals surface area contributed by atoms with E-state index in [0.717, 1.165) is 12.1 Å². The van der Waals surface area contributed by atoms with E-state index < -0.39 is 11.6 Å². The third-order valence-corrected chi connectivity index (χ3v) is 3.10. The number of ether oxygens (including phenoxy) is 1. The first-order valence-corrected chi connectivity index (χ1v) is 6.31. The van der Waals surface area contributed by atoms with E-state index in [0.29, 0.717) is 13.1 Å². The van der Waals surface area contributed by atoms with E-state index in [4.69, 9.17) is 4.74 Å². The maximum absolute atomic E-state index is 13.1. The molecule has 1 fully saturated rings. The lowest BCUT2D eigenvalue weighted by atomic mass is 10.1. The quantitative estimate of drug-likeness (QED) is 0.788.